The van der Waals surface area contributed by atoms with E-state index in [1.54, 1.807) is 0 Å². The Balaban J connectivity index is 0.00000210. The van der Waals surface area contributed by atoms with Gasteiger partial charge in [0.25, 0.3) is 0 Å². The van der Waals surface area contributed by atoms with Crippen molar-refractivity contribution in [2.45, 2.75) is 13.3 Å². The van der Waals surface area contributed by atoms with Gasteiger partial charge in [-0.1, -0.05) is 54.6 Å². The Bertz CT molecular complexity index is 1010. The van der Waals surface area contributed by atoms with Crippen LogP contribution >= 0.6 is 12.4 Å². The van der Waals surface area contributed by atoms with E-state index in [0.29, 0.717) is 0 Å². The first-order chi connectivity index (χ1) is 12.7. The topological polar surface area (TPSA) is 62.8 Å². The first kappa shape index (κ1) is 18.7. The second kappa shape index (κ2) is 8.06. The summed E-state index contributed by atoms with van der Waals surface area (Å²) in [6.45, 7) is 1.96. The average molecular weight is 377 g/mol. The highest BCUT2D eigenvalue weighted by molar-refractivity contribution is 6.00. The van der Waals surface area contributed by atoms with Gasteiger partial charge in [-0.25, -0.2) is 10.4 Å². The predicted molar refractivity (Wildman–Crippen MR) is 115 cm³/mol. The fraction of sp³-hybridized carbons (Fsp3) is 0.0909. The monoisotopic (exact) mass is 376 g/mol. The Hall–Kier alpha value is -3.11. The van der Waals surface area contributed by atoms with Crippen molar-refractivity contribution < 1.29 is 0 Å². The van der Waals surface area contributed by atoms with E-state index in [4.69, 9.17) is 5.73 Å². The Morgan fingerprint density at radius 2 is 1.59 bits per heavy atom. The largest absolute Gasteiger partial charge is 0.368 e. The van der Waals surface area contributed by atoms with E-state index in [1.165, 1.54) is 22.3 Å². The third-order valence-corrected chi connectivity index (χ3v) is 4.56. The maximum Gasteiger partial charge on any atom is 0.214 e. The third kappa shape index (κ3) is 4.01. The molecule has 0 radical (unpaired) electrons. The van der Waals surface area contributed by atoms with Crippen LogP contribution in [-0.4, -0.2) is 11.7 Å². The minimum atomic E-state index is 0. The fourth-order valence-corrected chi connectivity index (χ4v) is 3.24. The summed E-state index contributed by atoms with van der Waals surface area (Å²) >= 11 is 0. The van der Waals surface area contributed by atoms with E-state index in [9.17, 15) is 0 Å². The molecule has 1 aliphatic carbocycles. The number of aliphatic imine (C=N–C) groups is 1. The second-order valence-corrected chi connectivity index (χ2v) is 6.35. The number of hydrazone groups is 1. The molecule has 0 spiro atoms. The SMILES string of the molecule is C/C(=N\NC(N)=Nc1ccccc1)c1ccc2c(c1)Cc1ccccc1-2.Cl. The minimum absolute atomic E-state index is 0. The standard InChI is InChI=1S/C22H20N4.ClH/c1-15(25-26-22(23)24-19-8-3-2-4-9-19)16-11-12-21-18(13-16)14-17-7-5-6-10-20(17)21;/h2-13H,14H2,1H3,(H3,23,24,26);1H/b25-15+;. The zero-order chi connectivity index (χ0) is 17.9. The van der Waals surface area contributed by atoms with Gasteiger partial charge in [-0.2, -0.15) is 5.10 Å². The number of benzene rings is 3. The van der Waals surface area contributed by atoms with E-state index in [2.05, 4.69) is 58.0 Å². The summed E-state index contributed by atoms with van der Waals surface area (Å²) < 4.78 is 0. The molecule has 0 aliphatic heterocycles. The summed E-state index contributed by atoms with van der Waals surface area (Å²) in [6, 6.07) is 24.6. The Kier molecular flexibility index (Phi) is 5.57. The number of hydrogen-bond donors (Lipinski definition) is 2. The fourth-order valence-electron chi connectivity index (χ4n) is 3.24. The van der Waals surface area contributed by atoms with E-state index in [0.717, 1.165) is 23.4 Å². The van der Waals surface area contributed by atoms with E-state index in [-0.39, 0.29) is 18.4 Å². The highest BCUT2D eigenvalue weighted by atomic mass is 35.5. The lowest BCUT2D eigenvalue weighted by atomic mass is 10.0. The van der Waals surface area contributed by atoms with E-state index in [1.807, 2.05) is 37.3 Å². The molecule has 136 valence electrons. The number of rotatable bonds is 3. The van der Waals surface area contributed by atoms with Crippen molar-refractivity contribution in [1.82, 2.24) is 5.43 Å². The van der Waals surface area contributed by atoms with Gasteiger partial charge in [-0.15, -0.1) is 12.4 Å². The van der Waals surface area contributed by atoms with Crippen molar-refractivity contribution >= 4 is 29.8 Å². The number of halogens is 1. The van der Waals surface area contributed by atoms with Crippen molar-refractivity contribution in [2.24, 2.45) is 15.8 Å². The summed E-state index contributed by atoms with van der Waals surface area (Å²) in [5.41, 5.74) is 16.9. The van der Waals surface area contributed by atoms with Crippen LogP contribution in [0.5, 0.6) is 0 Å². The van der Waals surface area contributed by atoms with Gasteiger partial charge in [0.15, 0.2) is 0 Å². The van der Waals surface area contributed by atoms with Gasteiger partial charge in [0, 0.05) is 0 Å². The lowest BCUT2D eigenvalue weighted by Gasteiger charge is -2.06. The number of para-hydroxylation sites is 1. The highest BCUT2D eigenvalue weighted by Crippen LogP contribution is 2.36. The number of fused-ring (bicyclic) bond motifs is 3. The molecular weight excluding hydrogens is 356 g/mol. The normalized spacial score (nSPS) is 12.8. The van der Waals surface area contributed by atoms with Crippen LogP contribution in [0.25, 0.3) is 11.1 Å². The zero-order valence-corrected chi connectivity index (χ0v) is 15.8. The molecule has 3 N–H and O–H groups in total. The molecule has 4 rings (SSSR count). The van der Waals surface area contributed by atoms with Crippen LogP contribution < -0.4 is 11.2 Å². The number of nitrogens with one attached hydrogen (secondary N) is 1. The Morgan fingerprint density at radius 1 is 0.889 bits per heavy atom. The van der Waals surface area contributed by atoms with Crippen LogP contribution in [0.3, 0.4) is 0 Å². The van der Waals surface area contributed by atoms with Crippen molar-refractivity contribution in [1.29, 1.82) is 0 Å². The first-order valence-corrected chi connectivity index (χ1v) is 8.62. The average Bonchev–Trinajstić information content (AvgIpc) is 3.04. The van der Waals surface area contributed by atoms with Crippen molar-refractivity contribution in [3.8, 4) is 11.1 Å². The van der Waals surface area contributed by atoms with Gasteiger partial charge in [0.05, 0.1) is 11.4 Å². The maximum atomic E-state index is 5.91. The Morgan fingerprint density at radius 3 is 2.41 bits per heavy atom. The highest BCUT2D eigenvalue weighted by Gasteiger charge is 2.18. The molecule has 0 saturated carbocycles. The smallest absolute Gasteiger partial charge is 0.214 e. The van der Waals surface area contributed by atoms with Crippen LogP contribution in [0.4, 0.5) is 5.69 Å². The maximum absolute atomic E-state index is 5.91. The molecule has 3 aromatic rings. The molecular formula is C22H21ClN4. The summed E-state index contributed by atoms with van der Waals surface area (Å²) in [5, 5.41) is 4.38. The van der Waals surface area contributed by atoms with Gasteiger partial charge in [-0.05, 0) is 59.4 Å². The lowest BCUT2D eigenvalue weighted by molar-refractivity contribution is 1.00. The van der Waals surface area contributed by atoms with Gasteiger partial charge in [0.1, 0.15) is 0 Å². The number of guanidine groups is 1. The molecule has 0 heterocycles. The lowest BCUT2D eigenvalue weighted by Crippen LogP contribution is -2.27. The minimum Gasteiger partial charge on any atom is -0.368 e. The summed E-state index contributed by atoms with van der Waals surface area (Å²) in [4.78, 5) is 4.29. The predicted octanol–water partition coefficient (Wildman–Crippen LogP) is 4.64. The molecule has 5 heteroatoms. The van der Waals surface area contributed by atoms with Gasteiger partial charge in [-0.3, -0.25) is 0 Å². The molecule has 3 aromatic carbocycles. The second-order valence-electron chi connectivity index (χ2n) is 6.35. The number of nitrogens with two attached hydrogens (primary N) is 1. The molecule has 0 atom stereocenters. The molecule has 0 bridgehead atoms. The molecule has 0 fully saturated rings. The molecule has 27 heavy (non-hydrogen) atoms. The molecule has 1 aliphatic rings. The molecule has 0 aromatic heterocycles. The van der Waals surface area contributed by atoms with Gasteiger partial charge in [0.2, 0.25) is 5.96 Å². The quantitative estimate of drug-likeness (QED) is 0.311. The molecule has 0 amide bonds. The van der Waals surface area contributed by atoms with E-state index >= 15 is 0 Å². The van der Waals surface area contributed by atoms with E-state index < -0.39 is 0 Å². The summed E-state index contributed by atoms with van der Waals surface area (Å²) in [5.74, 6) is 0.268. The van der Waals surface area contributed by atoms with Crippen LogP contribution in [0.1, 0.15) is 23.6 Å². The Labute approximate surface area is 165 Å². The first-order valence-electron chi connectivity index (χ1n) is 8.62. The number of nitrogens with zero attached hydrogens (tertiary/aromatic N) is 2. The zero-order valence-electron chi connectivity index (χ0n) is 15.0. The van der Waals surface area contributed by atoms with Gasteiger partial charge >= 0.3 is 0 Å². The molecule has 4 nitrogen and oxygen atoms in total. The van der Waals surface area contributed by atoms with Crippen LogP contribution in [-0.2, 0) is 6.42 Å². The summed E-state index contributed by atoms with van der Waals surface area (Å²) in [7, 11) is 0. The number of hydrogen-bond acceptors (Lipinski definition) is 2. The molecule has 0 unspecified atom stereocenters. The van der Waals surface area contributed by atoms with Crippen LogP contribution in [0.2, 0.25) is 0 Å². The van der Waals surface area contributed by atoms with Gasteiger partial charge < -0.3 is 5.73 Å². The third-order valence-electron chi connectivity index (χ3n) is 4.56. The van der Waals surface area contributed by atoms with Crippen molar-refractivity contribution in [3.63, 3.8) is 0 Å². The summed E-state index contributed by atoms with van der Waals surface area (Å²) in [6.07, 6.45) is 0.970. The van der Waals surface area contributed by atoms with Crippen molar-refractivity contribution in [2.75, 3.05) is 0 Å². The molecule has 0 saturated heterocycles. The van der Waals surface area contributed by atoms with Crippen LogP contribution in [0, 0.1) is 0 Å². The van der Waals surface area contributed by atoms with Crippen LogP contribution in [0.15, 0.2) is 82.9 Å². The van der Waals surface area contributed by atoms with Crippen molar-refractivity contribution in [3.05, 3.63) is 89.5 Å².